The number of fused-ring (bicyclic) bond motifs is 1. The molecule has 632 valence electrons. The first-order chi connectivity index (χ1) is 56.5. The van der Waals surface area contributed by atoms with Gasteiger partial charge in [0, 0.05) is 80.3 Å². The van der Waals surface area contributed by atoms with Crippen LogP contribution in [0.3, 0.4) is 0 Å². The maximum atomic E-state index is 16.1. The molecule has 1 aliphatic heterocycles. The minimum atomic E-state index is -1.92. The van der Waals surface area contributed by atoms with E-state index in [9.17, 15) is 76.6 Å². The van der Waals surface area contributed by atoms with E-state index in [1.165, 1.54) is 26.1 Å². The molecule has 2 heterocycles. The van der Waals surface area contributed by atoms with Crippen molar-refractivity contribution in [2.24, 2.45) is 61.4 Å². The summed E-state index contributed by atoms with van der Waals surface area (Å²) in [6, 6.07) is 27.4. The summed E-state index contributed by atoms with van der Waals surface area (Å²) in [6.07, 6.45) is -2.07. The Morgan fingerprint density at radius 1 is 0.525 bits per heavy atom. The standard InChI is InChI=1S/C84H108N16O16S2/c1-48(2)88-43-56-30-28-55(29-31-56)41-70-81(113)99-72(50(4)103)82(114)93-65(40-53-23-13-8-14-24-53)78(110)98-71(49(3)102)83(115)95-67(45-101)79(111)96-68(73(87)105)46-117-118-47-69(97-74(106)60(86)37-54-32-34-58(104)35-33-54)80(112)90-62(27-17-18-36-85)75(107)91-63(38-51-19-9-6-10-20-51)76(108)92-64(39-52-21-11-7-12-22-52)77(109)94-66(84(116)100(70)5)42-57-44-89-61-26-16-15-25-59(57)61/h6-16,19-26,28-35,44,48-50,60,62-72,88-89,101-104H,17-18,27,36-43,45-47,85-86H2,1-5H3,(H2,87,105)(H,90,112)(H,91,107)(H,92,108)(H,93,114)(H,94,109)(H,95,115)(H,96,111)(H,97,106)(H,98,110)(H,99,113). The first-order valence-corrected chi connectivity index (χ1v) is 41.1. The van der Waals surface area contributed by atoms with Crippen LogP contribution in [-0.4, -0.2) is 280 Å². The van der Waals surface area contributed by atoms with Crippen LogP contribution < -0.4 is 16.8 Å². The van der Waals surface area contributed by atoms with Crippen LogP contribution in [0.25, 0.3) is 10.9 Å². The number of aromatic nitrogens is 1. The van der Waals surface area contributed by atoms with Crippen molar-refractivity contribution in [2.75, 3.05) is 31.7 Å². The van der Waals surface area contributed by atoms with Crippen LogP contribution in [0.4, 0.5) is 0 Å². The molecular formula is C84H108N16O16S2. The van der Waals surface area contributed by atoms with E-state index in [0.717, 1.165) is 39.0 Å². The Balaban J connectivity index is 1.36. The Hall–Kier alpha value is -11.2. The number of nitrogens with one attached hydrogen (secondary N) is 3. The van der Waals surface area contributed by atoms with Crippen molar-refractivity contribution in [1.29, 1.82) is 5.41 Å². The van der Waals surface area contributed by atoms with Crippen molar-refractivity contribution in [3.8, 4) is 5.75 Å². The number of aliphatic imine (C=N–C) groups is 10. The van der Waals surface area contributed by atoms with Gasteiger partial charge >= 0.3 is 0 Å². The summed E-state index contributed by atoms with van der Waals surface area (Å²) in [7, 11) is 3.23. The molecule has 1 aromatic heterocycles. The zero-order chi connectivity index (χ0) is 85.5. The monoisotopic (exact) mass is 1660 g/mol. The smallest absolute Gasteiger partial charge is 0.248 e. The van der Waals surface area contributed by atoms with E-state index in [1.807, 2.05) is 44.2 Å². The first kappa shape index (κ1) is 92.3. The number of para-hydroxylation sites is 1. The number of aromatic hydroxyl groups is 1. The lowest BCUT2D eigenvalue weighted by Crippen LogP contribution is -2.49. The summed E-state index contributed by atoms with van der Waals surface area (Å²) in [4.78, 5) is 64.8. The van der Waals surface area contributed by atoms with Gasteiger partial charge in [0.1, 0.15) is 54.1 Å². The highest BCUT2D eigenvalue weighted by molar-refractivity contribution is 8.76. The van der Waals surface area contributed by atoms with Gasteiger partial charge in [-0.2, -0.15) is 0 Å². The average Bonchev–Trinajstić information content (AvgIpc) is 1.47. The summed E-state index contributed by atoms with van der Waals surface area (Å²) in [5, 5.41) is 189. The second kappa shape index (κ2) is 46.1. The molecule has 0 bridgehead atoms. The third kappa shape index (κ3) is 28.3. The number of hydrogen-bond acceptors (Lipinski definition) is 21. The molecule has 0 spiro atoms. The van der Waals surface area contributed by atoms with E-state index in [1.54, 1.807) is 128 Å². The topological polar surface area (TPSA) is 551 Å². The van der Waals surface area contributed by atoms with Crippen LogP contribution in [0.5, 0.6) is 5.75 Å². The fourth-order valence-electron chi connectivity index (χ4n) is 12.6. The van der Waals surface area contributed by atoms with Gasteiger partial charge in [0.2, 0.25) is 64.9 Å². The molecule has 0 radical (unpaired) electrons. The molecule has 0 saturated carbocycles. The van der Waals surface area contributed by atoms with Gasteiger partial charge in [0.05, 0.1) is 24.9 Å². The number of H-pyrrole nitrogens is 1. The SMILES string of the molecule is CC(C)NCc1ccc(CC2C(O)=NC(C(C)O)C(O)=NC(Cc3ccccc3)C(O)=NC(C(C)O)C(O)=NC(CO)C(O)=NC(C(=N)O)CSSCC(N=C(O)C(N)Cc3ccc(O)cc3)C(O)=NC(CCCCN)C(O)=NC(Cc3ccccc3)C(O)=NC(Cc3ccccc3)C(O)=NC(Cc3c[nH]c4ccccc34)C(=O)N2C)cc1. The fraction of sp³-hybridized carbons (Fsp3) is 0.405. The molecule has 22 N–H and O–H groups in total. The van der Waals surface area contributed by atoms with Crippen LogP contribution in [-0.2, 0) is 49.9 Å². The van der Waals surface area contributed by atoms with E-state index < -0.39 is 162 Å². The number of aliphatic hydroxyl groups is 14. The quantitative estimate of drug-likeness (QED) is 0.0110. The number of likely N-dealkylation sites (N-methyl/N-ethyl adjacent to an activating group) is 1. The van der Waals surface area contributed by atoms with Gasteiger partial charge in [-0.3, -0.25) is 10.2 Å². The molecule has 8 rings (SSSR count). The van der Waals surface area contributed by atoms with E-state index in [-0.39, 0.29) is 81.2 Å². The highest BCUT2D eigenvalue weighted by Crippen LogP contribution is 2.28. The van der Waals surface area contributed by atoms with Gasteiger partial charge < -0.3 is 103 Å². The number of phenolic OH excluding ortho intramolecular Hbond substituents is 1. The lowest BCUT2D eigenvalue weighted by Gasteiger charge is -2.30. The number of amides is 1. The molecule has 1 aliphatic rings. The summed E-state index contributed by atoms with van der Waals surface area (Å²) in [5.74, 6) is -11.1. The van der Waals surface area contributed by atoms with Crippen LogP contribution in [0, 0.1) is 5.41 Å². The van der Waals surface area contributed by atoms with Gasteiger partial charge in [0.15, 0.2) is 24.0 Å². The number of aliphatic hydroxyl groups excluding tert-OH is 14. The van der Waals surface area contributed by atoms with Crippen molar-refractivity contribution in [2.45, 2.75) is 183 Å². The molecule has 0 fully saturated rings. The number of carbonyl (C=O) groups excluding carboxylic acids is 1. The molecule has 6 aromatic carbocycles. The van der Waals surface area contributed by atoms with Gasteiger partial charge in [0.25, 0.3) is 0 Å². The van der Waals surface area contributed by atoms with E-state index in [4.69, 9.17) is 26.9 Å². The Kier molecular flexibility index (Phi) is 36.0. The number of unbranched alkanes of at least 4 members (excludes halogenated alkanes) is 1. The number of hydrogen-bond donors (Lipinski definition) is 20. The van der Waals surface area contributed by atoms with Gasteiger partial charge in [-0.15, -0.1) is 0 Å². The number of aromatic amines is 1. The zero-order valence-corrected chi connectivity index (χ0v) is 67.9. The minimum absolute atomic E-state index is 0.00759. The maximum Gasteiger partial charge on any atom is 0.248 e. The predicted octanol–water partition coefficient (Wildman–Crippen LogP) is 9.35. The highest BCUT2D eigenvalue weighted by Gasteiger charge is 2.37. The molecule has 32 nitrogen and oxygen atoms in total. The molecule has 0 saturated heterocycles. The largest absolute Gasteiger partial charge is 0.508 e. The average molecular weight is 1660 g/mol. The third-order valence-corrected chi connectivity index (χ3v) is 21.6. The summed E-state index contributed by atoms with van der Waals surface area (Å²) in [5.41, 5.74) is 17.5. The maximum absolute atomic E-state index is 16.1. The number of rotatable bonds is 25. The van der Waals surface area contributed by atoms with Crippen LogP contribution in [0.2, 0.25) is 0 Å². The van der Waals surface area contributed by atoms with Crippen LogP contribution >= 0.6 is 21.6 Å². The van der Waals surface area contributed by atoms with Crippen molar-refractivity contribution < 1.29 is 81.4 Å². The molecule has 7 aromatic rings. The number of nitrogens with zero attached hydrogens (tertiary/aromatic N) is 11. The van der Waals surface area contributed by atoms with E-state index in [0.29, 0.717) is 57.2 Å². The van der Waals surface area contributed by atoms with Crippen molar-refractivity contribution in [3.05, 3.63) is 209 Å². The molecular weight excluding hydrogens is 1550 g/mol. The summed E-state index contributed by atoms with van der Waals surface area (Å²) >= 11 is 0. The first-order valence-electron chi connectivity index (χ1n) is 38.6. The summed E-state index contributed by atoms with van der Waals surface area (Å²) in [6.45, 7) is 6.02. The molecule has 14 atom stereocenters. The molecule has 34 heteroatoms. The zero-order valence-electron chi connectivity index (χ0n) is 66.2. The molecule has 0 aliphatic carbocycles. The highest BCUT2D eigenvalue weighted by atomic mass is 33.1. The lowest BCUT2D eigenvalue weighted by atomic mass is 10.00. The number of nitrogens with two attached hydrogens (primary N) is 2. The Bertz CT molecular complexity index is 4690. The number of benzene rings is 6. The second-order valence-electron chi connectivity index (χ2n) is 28.9. The van der Waals surface area contributed by atoms with Crippen molar-refractivity contribution in [3.63, 3.8) is 0 Å². The van der Waals surface area contributed by atoms with Gasteiger partial charge in [-0.05, 0) is 103 Å². The van der Waals surface area contributed by atoms with Crippen molar-refractivity contribution >= 4 is 103 Å². The van der Waals surface area contributed by atoms with E-state index >= 15 is 4.79 Å². The number of phenols is 1. The second-order valence-corrected chi connectivity index (χ2v) is 31.5. The van der Waals surface area contributed by atoms with Crippen LogP contribution in [0.1, 0.15) is 85.9 Å². The van der Waals surface area contributed by atoms with Crippen LogP contribution in [0.15, 0.2) is 220 Å². The molecule has 1 amide bonds. The van der Waals surface area contributed by atoms with Gasteiger partial charge in [-0.1, -0.05) is 181 Å². The summed E-state index contributed by atoms with van der Waals surface area (Å²) < 4.78 is 0. The fourth-order valence-corrected chi connectivity index (χ4v) is 14.8. The van der Waals surface area contributed by atoms with E-state index in [2.05, 4.69) is 50.2 Å². The van der Waals surface area contributed by atoms with Crippen molar-refractivity contribution in [1.82, 2.24) is 15.2 Å². The number of carbonyl (C=O) groups is 1. The predicted molar refractivity (Wildman–Crippen MR) is 468 cm³/mol. The normalized spacial score (nSPS) is 23.0. The molecule has 118 heavy (non-hydrogen) atoms. The molecule has 14 unspecified atom stereocenters. The third-order valence-electron chi connectivity index (χ3n) is 19.2. The Morgan fingerprint density at radius 3 is 1.50 bits per heavy atom. The minimum Gasteiger partial charge on any atom is -0.508 e. The Morgan fingerprint density at radius 2 is 0.975 bits per heavy atom. The lowest BCUT2D eigenvalue weighted by molar-refractivity contribution is -0.132. The van der Waals surface area contributed by atoms with Gasteiger partial charge in [-0.25, -0.2) is 49.9 Å². The Labute approximate surface area is 692 Å².